The minimum Gasteiger partial charge on any atom is -0.398 e. The number of halogens is 1. The van der Waals surface area contributed by atoms with Crippen LogP contribution in [0, 0.1) is 12.7 Å². The number of nitrogen functional groups attached to an aromatic ring is 1. The second kappa shape index (κ2) is 4.59. The molecule has 0 saturated carbocycles. The number of amides is 1. The maximum Gasteiger partial charge on any atom is 0.254 e. The predicted octanol–water partition coefficient (Wildman–Crippen LogP) is 0.964. The van der Waals surface area contributed by atoms with Crippen LogP contribution in [0.1, 0.15) is 21.7 Å². The lowest BCUT2D eigenvalue weighted by Gasteiger charge is -2.27. The number of fused-ring (bicyclic) bond motifs is 1. The number of rotatable bonds is 1. The molecule has 0 unspecified atom stereocenters. The summed E-state index contributed by atoms with van der Waals surface area (Å²) in [5.41, 5.74) is 6.62. The van der Waals surface area contributed by atoms with Gasteiger partial charge in [0.05, 0.1) is 6.54 Å². The second-order valence-corrected chi connectivity index (χ2v) is 4.84. The van der Waals surface area contributed by atoms with Gasteiger partial charge in [0.2, 0.25) is 0 Å². The van der Waals surface area contributed by atoms with E-state index in [4.69, 9.17) is 5.73 Å². The van der Waals surface area contributed by atoms with Crippen molar-refractivity contribution >= 4 is 11.6 Å². The van der Waals surface area contributed by atoms with E-state index >= 15 is 0 Å². The number of aromatic nitrogens is 3. The van der Waals surface area contributed by atoms with E-state index in [-0.39, 0.29) is 17.2 Å². The van der Waals surface area contributed by atoms with Crippen LogP contribution in [0.5, 0.6) is 0 Å². The Morgan fingerprint density at radius 3 is 2.95 bits per heavy atom. The van der Waals surface area contributed by atoms with Crippen LogP contribution in [0.15, 0.2) is 18.5 Å². The molecule has 1 aromatic heterocycles. The normalized spacial score (nSPS) is 14.2. The van der Waals surface area contributed by atoms with Gasteiger partial charge in [0, 0.05) is 29.9 Å². The third kappa shape index (κ3) is 2.01. The van der Waals surface area contributed by atoms with E-state index in [0.717, 1.165) is 5.82 Å². The van der Waals surface area contributed by atoms with E-state index in [2.05, 4.69) is 10.2 Å². The molecule has 0 fully saturated rings. The van der Waals surface area contributed by atoms with Crippen LogP contribution in [-0.2, 0) is 13.1 Å². The Bertz CT molecular complexity index is 658. The Hall–Kier alpha value is -2.44. The lowest BCUT2D eigenvalue weighted by atomic mass is 10.1. The van der Waals surface area contributed by atoms with Crippen LogP contribution in [0.25, 0.3) is 0 Å². The first-order valence-corrected chi connectivity index (χ1v) is 6.28. The molecule has 0 bridgehead atoms. The van der Waals surface area contributed by atoms with Gasteiger partial charge in [-0.3, -0.25) is 4.79 Å². The zero-order valence-corrected chi connectivity index (χ0v) is 11.0. The largest absolute Gasteiger partial charge is 0.398 e. The van der Waals surface area contributed by atoms with Crippen molar-refractivity contribution in [3.8, 4) is 0 Å². The zero-order valence-electron chi connectivity index (χ0n) is 11.0. The molecule has 0 radical (unpaired) electrons. The standard InChI is InChI=1S/C13H14FN5O/c1-8-10(14)4-9(5-11(8)15)13(20)18-2-3-19-7-16-17-12(19)6-18/h4-5,7H,2-3,6,15H2,1H3. The molecular weight excluding hydrogens is 261 g/mol. The molecular formula is C13H14FN5O. The summed E-state index contributed by atoms with van der Waals surface area (Å²) in [5, 5.41) is 7.76. The minimum absolute atomic E-state index is 0.246. The average Bonchev–Trinajstić information content (AvgIpc) is 2.90. The fourth-order valence-corrected chi connectivity index (χ4v) is 2.25. The molecule has 0 aliphatic carbocycles. The number of carbonyl (C=O) groups excluding carboxylic acids is 1. The summed E-state index contributed by atoms with van der Waals surface area (Å²) < 4.78 is 15.6. The van der Waals surface area contributed by atoms with Crippen molar-refractivity contribution in [3.05, 3.63) is 41.2 Å². The van der Waals surface area contributed by atoms with Crippen LogP contribution in [0.3, 0.4) is 0 Å². The van der Waals surface area contributed by atoms with Crippen LogP contribution in [-0.4, -0.2) is 32.1 Å². The van der Waals surface area contributed by atoms with E-state index in [1.807, 2.05) is 4.57 Å². The van der Waals surface area contributed by atoms with Crippen LogP contribution >= 0.6 is 0 Å². The number of nitrogens with two attached hydrogens (primary N) is 1. The van der Waals surface area contributed by atoms with Crippen LogP contribution in [0.4, 0.5) is 10.1 Å². The summed E-state index contributed by atoms with van der Waals surface area (Å²) in [7, 11) is 0. The summed E-state index contributed by atoms with van der Waals surface area (Å²) in [6.45, 7) is 3.13. The molecule has 0 spiro atoms. The first kappa shape index (κ1) is 12.6. The fourth-order valence-electron chi connectivity index (χ4n) is 2.25. The third-order valence-corrected chi connectivity index (χ3v) is 3.56. The Balaban J connectivity index is 1.87. The number of hydrogen-bond donors (Lipinski definition) is 1. The molecule has 7 heteroatoms. The van der Waals surface area contributed by atoms with E-state index in [9.17, 15) is 9.18 Å². The molecule has 1 aromatic carbocycles. The van der Waals surface area contributed by atoms with Crippen molar-refractivity contribution in [2.24, 2.45) is 0 Å². The lowest BCUT2D eigenvalue weighted by Crippen LogP contribution is -2.38. The van der Waals surface area contributed by atoms with E-state index in [0.29, 0.717) is 25.2 Å². The van der Waals surface area contributed by atoms with Gasteiger partial charge in [0.1, 0.15) is 12.1 Å². The molecule has 0 saturated heterocycles. The first-order valence-electron chi connectivity index (χ1n) is 6.28. The van der Waals surface area contributed by atoms with Gasteiger partial charge in [-0.05, 0) is 19.1 Å². The number of benzene rings is 1. The highest BCUT2D eigenvalue weighted by molar-refractivity contribution is 5.95. The molecule has 20 heavy (non-hydrogen) atoms. The number of carbonyl (C=O) groups is 1. The minimum atomic E-state index is -0.464. The molecule has 1 aliphatic rings. The summed E-state index contributed by atoms with van der Waals surface area (Å²) in [4.78, 5) is 14.0. The second-order valence-electron chi connectivity index (χ2n) is 4.84. The number of anilines is 1. The maximum absolute atomic E-state index is 13.7. The van der Waals surface area contributed by atoms with Gasteiger partial charge < -0.3 is 15.2 Å². The molecule has 2 aromatic rings. The van der Waals surface area contributed by atoms with Crippen molar-refractivity contribution in [3.63, 3.8) is 0 Å². The van der Waals surface area contributed by atoms with Crippen molar-refractivity contribution in [1.82, 2.24) is 19.7 Å². The molecule has 2 N–H and O–H groups in total. The summed E-state index contributed by atoms with van der Waals surface area (Å²) in [5.74, 6) is 0.0172. The van der Waals surface area contributed by atoms with E-state index < -0.39 is 5.82 Å². The number of nitrogens with zero attached hydrogens (tertiary/aromatic N) is 4. The van der Waals surface area contributed by atoms with Crippen molar-refractivity contribution < 1.29 is 9.18 Å². The highest BCUT2D eigenvalue weighted by atomic mass is 19.1. The maximum atomic E-state index is 13.7. The zero-order chi connectivity index (χ0) is 14.3. The van der Waals surface area contributed by atoms with E-state index in [1.54, 1.807) is 18.2 Å². The van der Waals surface area contributed by atoms with Gasteiger partial charge in [0.15, 0.2) is 5.82 Å². The molecule has 2 heterocycles. The van der Waals surface area contributed by atoms with Crippen molar-refractivity contribution in [2.75, 3.05) is 12.3 Å². The van der Waals surface area contributed by atoms with Gasteiger partial charge in [-0.1, -0.05) is 0 Å². The monoisotopic (exact) mass is 275 g/mol. The van der Waals surface area contributed by atoms with Gasteiger partial charge >= 0.3 is 0 Å². The fraction of sp³-hybridized carbons (Fsp3) is 0.308. The van der Waals surface area contributed by atoms with Crippen molar-refractivity contribution in [2.45, 2.75) is 20.0 Å². The topological polar surface area (TPSA) is 77.0 Å². The SMILES string of the molecule is Cc1c(N)cc(C(=O)N2CCn3cnnc3C2)cc1F. The quantitative estimate of drug-likeness (QED) is 0.786. The van der Waals surface area contributed by atoms with Gasteiger partial charge in [-0.2, -0.15) is 0 Å². The first-order chi connectivity index (χ1) is 9.56. The lowest BCUT2D eigenvalue weighted by molar-refractivity contribution is 0.0707. The Morgan fingerprint density at radius 2 is 2.20 bits per heavy atom. The molecule has 3 rings (SSSR count). The average molecular weight is 275 g/mol. The molecule has 104 valence electrons. The highest BCUT2D eigenvalue weighted by Gasteiger charge is 2.23. The Kier molecular flexibility index (Phi) is 2.89. The molecule has 1 aliphatic heterocycles. The highest BCUT2D eigenvalue weighted by Crippen LogP contribution is 2.20. The van der Waals surface area contributed by atoms with Crippen LogP contribution < -0.4 is 5.73 Å². The smallest absolute Gasteiger partial charge is 0.254 e. The number of hydrogen-bond acceptors (Lipinski definition) is 4. The molecule has 0 atom stereocenters. The Labute approximate surface area is 115 Å². The summed E-state index contributed by atoms with van der Waals surface area (Å²) >= 11 is 0. The summed E-state index contributed by atoms with van der Waals surface area (Å²) in [6, 6.07) is 2.74. The van der Waals surface area contributed by atoms with Crippen molar-refractivity contribution in [1.29, 1.82) is 0 Å². The molecule has 1 amide bonds. The van der Waals surface area contributed by atoms with Gasteiger partial charge in [0.25, 0.3) is 5.91 Å². The van der Waals surface area contributed by atoms with Gasteiger partial charge in [-0.25, -0.2) is 4.39 Å². The Morgan fingerprint density at radius 1 is 1.40 bits per heavy atom. The predicted molar refractivity (Wildman–Crippen MR) is 70.3 cm³/mol. The van der Waals surface area contributed by atoms with Crippen LogP contribution in [0.2, 0.25) is 0 Å². The molecule has 6 nitrogen and oxygen atoms in total. The third-order valence-electron chi connectivity index (χ3n) is 3.56. The summed E-state index contributed by atoms with van der Waals surface area (Å²) in [6.07, 6.45) is 1.64. The van der Waals surface area contributed by atoms with E-state index in [1.165, 1.54) is 12.1 Å². The van der Waals surface area contributed by atoms with Gasteiger partial charge in [-0.15, -0.1) is 10.2 Å².